The van der Waals surface area contributed by atoms with Gasteiger partial charge in [-0.1, -0.05) is 60.7 Å². The van der Waals surface area contributed by atoms with Crippen molar-refractivity contribution in [3.63, 3.8) is 0 Å². The molecule has 4 heteroatoms. The fourth-order valence-electron chi connectivity index (χ4n) is 5.46. The number of imidazole rings is 1. The van der Waals surface area contributed by atoms with Crippen molar-refractivity contribution in [3.05, 3.63) is 137 Å². The highest BCUT2D eigenvalue weighted by Crippen LogP contribution is 2.28. The molecule has 2 aromatic heterocycles. The number of pyridine rings is 1. The summed E-state index contributed by atoms with van der Waals surface area (Å²) in [5.41, 5.74) is 10.2. The predicted molar refractivity (Wildman–Crippen MR) is 142 cm³/mol. The van der Waals surface area contributed by atoms with Crippen LogP contribution in [0.3, 0.4) is 0 Å². The molecule has 1 atom stereocenters. The zero-order valence-corrected chi connectivity index (χ0v) is 20.2. The molecule has 0 amide bonds. The fourth-order valence-corrected chi connectivity index (χ4v) is 5.46. The molecule has 3 aromatic carbocycles. The third kappa shape index (κ3) is 3.89. The third-order valence-corrected chi connectivity index (χ3v) is 7.48. The minimum atomic E-state index is 0.0703. The summed E-state index contributed by atoms with van der Waals surface area (Å²) in [5.74, 6) is 0.795. The van der Waals surface area contributed by atoms with Gasteiger partial charge in [0.1, 0.15) is 24.5 Å². The topological polar surface area (TPSA) is 29.9 Å². The molecule has 0 spiro atoms. The molecule has 5 aliphatic rings. The number of rotatable bonds is 3. The van der Waals surface area contributed by atoms with Gasteiger partial charge in [-0.15, -0.1) is 0 Å². The Hall–Kier alpha value is -4.18. The average Bonchev–Trinajstić information content (AvgIpc) is 3.58. The number of aliphatic imine (C=N–C) groups is 1. The van der Waals surface area contributed by atoms with Crippen molar-refractivity contribution in [1.82, 2.24) is 4.40 Å². The summed E-state index contributed by atoms with van der Waals surface area (Å²) in [7, 11) is 0. The van der Waals surface area contributed by atoms with Crippen LogP contribution < -0.4 is 4.57 Å². The first kappa shape index (κ1) is 21.1. The zero-order valence-electron chi connectivity index (χ0n) is 20.2. The molecule has 0 saturated heterocycles. The highest BCUT2D eigenvalue weighted by molar-refractivity contribution is 5.97. The van der Waals surface area contributed by atoms with Crippen LogP contribution >= 0.6 is 0 Å². The SMILES string of the molecule is c1ccc([C@@H]2COC(c3cc4ccc3CCc3ccc(c(-[n+]5cc6ccccn6c5)c3)CC4)=N2)cc1. The van der Waals surface area contributed by atoms with Crippen molar-refractivity contribution in [2.45, 2.75) is 31.7 Å². The Labute approximate surface area is 211 Å². The highest BCUT2D eigenvalue weighted by atomic mass is 16.5. The number of hydrogen-bond donors (Lipinski definition) is 0. The van der Waals surface area contributed by atoms with Crippen LogP contribution in [0.1, 0.15) is 39.4 Å². The van der Waals surface area contributed by atoms with Crippen LogP contribution in [0, 0.1) is 0 Å². The minimum Gasteiger partial charge on any atom is -0.475 e. The molecule has 4 aliphatic carbocycles. The fraction of sp³-hybridized carbons (Fsp3) is 0.188. The Morgan fingerprint density at radius 2 is 1.56 bits per heavy atom. The Morgan fingerprint density at radius 3 is 2.42 bits per heavy atom. The maximum absolute atomic E-state index is 6.17. The van der Waals surface area contributed by atoms with E-state index in [0.717, 1.165) is 37.1 Å². The van der Waals surface area contributed by atoms with E-state index in [4.69, 9.17) is 9.73 Å². The Kier molecular flexibility index (Phi) is 5.16. The van der Waals surface area contributed by atoms with Crippen molar-refractivity contribution < 1.29 is 9.30 Å². The van der Waals surface area contributed by atoms with Crippen molar-refractivity contribution >= 4 is 11.4 Å². The third-order valence-electron chi connectivity index (χ3n) is 7.48. The molecule has 5 aromatic rings. The van der Waals surface area contributed by atoms with E-state index >= 15 is 0 Å². The highest BCUT2D eigenvalue weighted by Gasteiger charge is 2.24. The van der Waals surface area contributed by atoms with Crippen LogP contribution in [0.5, 0.6) is 0 Å². The van der Waals surface area contributed by atoms with Gasteiger partial charge in [-0.3, -0.25) is 0 Å². The molecule has 176 valence electrons. The lowest BCUT2D eigenvalue weighted by Gasteiger charge is -2.15. The second-order valence-corrected chi connectivity index (χ2v) is 9.81. The van der Waals surface area contributed by atoms with E-state index in [1.165, 1.54) is 39.0 Å². The first-order chi connectivity index (χ1) is 17.8. The molecule has 4 nitrogen and oxygen atoms in total. The number of fused-ring (bicyclic) bond motifs is 1. The molecular weight excluding hydrogens is 442 g/mol. The Bertz CT molecular complexity index is 1570. The molecule has 0 saturated carbocycles. The van der Waals surface area contributed by atoms with Gasteiger partial charge in [0.15, 0.2) is 5.52 Å². The molecule has 10 rings (SSSR count). The van der Waals surface area contributed by atoms with Gasteiger partial charge in [-0.05, 0) is 77.8 Å². The van der Waals surface area contributed by atoms with Gasteiger partial charge in [0.05, 0.1) is 6.20 Å². The first-order valence-corrected chi connectivity index (χ1v) is 12.8. The Balaban J connectivity index is 1.23. The number of aromatic nitrogens is 2. The van der Waals surface area contributed by atoms with E-state index in [0.29, 0.717) is 6.61 Å². The van der Waals surface area contributed by atoms with Gasteiger partial charge >= 0.3 is 0 Å². The van der Waals surface area contributed by atoms with E-state index in [2.05, 4.69) is 107 Å². The number of ether oxygens (including phenoxy) is 1. The van der Waals surface area contributed by atoms with E-state index in [1.54, 1.807) is 0 Å². The summed E-state index contributed by atoms with van der Waals surface area (Å²) < 4.78 is 10.6. The van der Waals surface area contributed by atoms with Gasteiger partial charge in [0, 0.05) is 5.56 Å². The summed E-state index contributed by atoms with van der Waals surface area (Å²) in [6.45, 7) is 0.608. The summed E-state index contributed by atoms with van der Waals surface area (Å²) in [6.07, 6.45) is 10.4. The summed E-state index contributed by atoms with van der Waals surface area (Å²) in [6, 6.07) is 30.7. The van der Waals surface area contributed by atoms with Gasteiger partial charge in [-0.2, -0.15) is 0 Å². The molecule has 3 heterocycles. The molecule has 4 bridgehead atoms. The number of nitrogens with zero attached hydrogens (tertiary/aromatic N) is 3. The van der Waals surface area contributed by atoms with Crippen LogP contribution in [0.2, 0.25) is 0 Å². The normalized spacial score (nSPS) is 17.0. The first-order valence-electron chi connectivity index (χ1n) is 12.8. The predicted octanol–water partition coefficient (Wildman–Crippen LogP) is 5.62. The van der Waals surface area contributed by atoms with Crippen LogP contribution in [0.15, 0.2) is 109 Å². The zero-order chi connectivity index (χ0) is 23.9. The maximum Gasteiger partial charge on any atom is 0.254 e. The van der Waals surface area contributed by atoms with Crippen molar-refractivity contribution in [2.24, 2.45) is 4.99 Å². The van der Waals surface area contributed by atoms with Gasteiger partial charge in [-0.25, -0.2) is 14.0 Å². The molecule has 0 fully saturated rings. The van der Waals surface area contributed by atoms with Gasteiger partial charge in [0.25, 0.3) is 6.33 Å². The van der Waals surface area contributed by atoms with Crippen molar-refractivity contribution in [3.8, 4) is 5.69 Å². The maximum atomic E-state index is 6.17. The molecular formula is C32H28N3O+. The van der Waals surface area contributed by atoms with Crippen LogP contribution in [0.4, 0.5) is 0 Å². The largest absolute Gasteiger partial charge is 0.475 e. The average molecular weight is 471 g/mol. The minimum absolute atomic E-state index is 0.0703. The lowest BCUT2D eigenvalue weighted by Crippen LogP contribution is -2.29. The quantitative estimate of drug-likeness (QED) is 0.315. The second kappa shape index (κ2) is 8.80. The van der Waals surface area contributed by atoms with E-state index in [1.807, 2.05) is 6.07 Å². The van der Waals surface area contributed by atoms with E-state index in [9.17, 15) is 0 Å². The summed E-state index contributed by atoms with van der Waals surface area (Å²) in [5, 5.41) is 0. The molecule has 0 unspecified atom stereocenters. The monoisotopic (exact) mass is 470 g/mol. The summed E-state index contributed by atoms with van der Waals surface area (Å²) in [4.78, 5) is 5.00. The molecule has 0 radical (unpaired) electrons. The molecule has 36 heavy (non-hydrogen) atoms. The Morgan fingerprint density at radius 1 is 0.778 bits per heavy atom. The van der Waals surface area contributed by atoms with Crippen LogP contribution in [-0.4, -0.2) is 16.9 Å². The van der Waals surface area contributed by atoms with Gasteiger partial charge in [0.2, 0.25) is 5.90 Å². The lowest BCUT2D eigenvalue weighted by atomic mass is 9.92. The van der Waals surface area contributed by atoms with Crippen molar-refractivity contribution in [2.75, 3.05) is 6.61 Å². The van der Waals surface area contributed by atoms with Crippen LogP contribution in [0.25, 0.3) is 11.2 Å². The van der Waals surface area contributed by atoms with Gasteiger partial charge < -0.3 is 4.74 Å². The van der Waals surface area contributed by atoms with Crippen LogP contribution in [-0.2, 0) is 30.4 Å². The standard InChI is InChI=1S/C32H28N3O/c1-2-6-26(7-3-1)30-21-36-32(33-30)29-18-23-9-13-25(29)14-10-24-12-16-27(15-11-23)31(19-24)35-20-28-8-4-5-17-34(28)22-35/h1-9,12-13,16-20,22,30H,10-11,14-15,21H2/q+1/t30-/m0/s1. The smallest absolute Gasteiger partial charge is 0.254 e. The number of benzene rings is 3. The van der Waals surface area contributed by atoms with E-state index < -0.39 is 0 Å². The number of aryl methyl sites for hydroxylation is 4. The summed E-state index contributed by atoms with van der Waals surface area (Å²) >= 11 is 0. The molecule has 1 aliphatic heterocycles. The lowest BCUT2D eigenvalue weighted by molar-refractivity contribution is -0.594. The van der Waals surface area contributed by atoms with E-state index in [-0.39, 0.29) is 6.04 Å². The van der Waals surface area contributed by atoms with Crippen molar-refractivity contribution in [1.29, 1.82) is 0 Å². The number of hydrogen-bond acceptors (Lipinski definition) is 2. The molecule has 0 N–H and O–H groups in total. The second-order valence-electron chi connectivity index (χ2n) is 9.81.